The lowest BCUT2D eigenvalue weighted by molar-refractivity contribution is 0.0461. The average Bonchev–Trinajstić information content (AvgIpc) is 2.71. The van der Waals surface area contributed by atoms with E-state index in [9.17, 15) is 10.2 Å². The Kier molecular flexibility index (Phi) is 11.6. The Bertz CT molecular complexity index is 607. The monoisotopic (exact) mass is 406 g/mol. The first-order chi connectivity index (χ1) is 13.9. The number of ether oxygens (including phenoxy) is 2. The van der Waals surface area contributed by atoms with Gasteiger partial charge in [-0.1, -0.05) is 32.1 Å². The van der Waals surface area contributed by atoms with E-state index >= 15 is 0 Å². The van der Waals surface area contributed by atoms with Crippen LogP contribution in [0.15, 0.2) is 43.5 Å². The predicted octanol–water partition coefficient (Wildman–Crippen LogP) is 2.75. The molecule has 1 aromatic rings. The van der Waals surface area contributed by atoms with E-state index in [1.807, 2.05) is 18.2 Å². The molecule has 0 amide bonds. The lowest BCUT2D eigenvalue weighted by Gasteiger charge is -2.26. The Morgan fingerprint density at radius 1 is 1.17 bits per heavy atom. The van der Waals surface area contributed by atoms with Crippen molar-refractivity contribution in [2.24, 2.45) is 0 Å². The highest BCUT2D eigenvalue weighted by atomic mass is 16.5. The molecule has 6 nitrogen and oxygen atoms in total. The van der Waals surface area contributed by atoms with Crippen LogP contribution in [0.1, 0.15) is 32.3 Å². The fourth-order valence-electron chi connectivity index (χ4n) is 3.16. The third-order valence-electron chi connectivity index (χ3n) is 4.85. The van der Waals surface area contributed by atoms with Crippen molar-refractivity contribution >= 4 is 0 Å². The van der Waals surface area contributed by atoms with Crippen LogP contribution >= 0.6 is 0 Å². The number of methoxy groups -OCH3 is 1. The van der Waals surface area contributed by atoms with Gasteiger partial charge in [-0.2, -0.15) is 0 Å². The van der Waals surface area contributed by atoms with Gasteiger partial charge in [0.15, 0.2) is 11.5 Å². The van der Waals surface area contributed by atoms with Crippen molar-refractivity contribution in [3.05, 3.63) is 49.1 Å². The van der Waals surface area contributed by atoms with E-state index in [1.165, 1.54) is 0 Å². The number of hydrogen-bond donors (Lipinski definition) is 3. The molecule has 1 atom stereocenters. The first-order valence-corrected chi connectivity index (χ1v) is 10.3. The lowest BCUT2D eigenvalue weighted by atomic mass is 9.95. The Morgan fingerprint density at radius 3 is 2.38 bits per heavy atom. The van der Waals surface area contributed by atoms with Crippen LogP contribution in [0, 0.1) is 0 Å². The molecule has 0 aliphatic heterocycles. The molecule has 1 rings (SSSR count). The summed E-state index contributed by atoms with van der Waals surface area (Å²) in [5.74, 6) is 1.22. The number of nitrogens with one attached hydrogen (secondary N) is 1. The van der Waals surface area contributed by atoms with Gasteiger partial charge in [0.2, 0.25) is 0 Å². The molecule has 0 saturated heterocycles. The molecular formula is C23H38N2O4. The number of rotatable bonds is 16. The Labute approximate surface area is 175 Å². The summed E-state index contributed by atoms with van der Waals surface area (Å²) in [6, 6.07) is 5.69. The van der Waals surface area contributed by atoms with Crippen molar-refractivity contribution in [2.75, 3.05) is 39.9 Å². The van der Waals surface area contributed by atoms with Gasteiger partial charge in [0.1, 0.15) is 12.7 Å². The summed E-state index contributed by atoms with van der Waals surface area (Å²) in [5, 5.41) is 24.0. The Hall–Kier alpha value is -1.86. The highest BCUT2D eigenvalue weighted by Gasteiger charge is 2.23. The number of benzene rings is 1. The molecule has 29 heavy (non-hydrogen) atoms. The SMILES string of the molecule is C=CCC(O)(CC=C)CNCc1ccc(OC[C@H](O)CN(CC)CC)c(OC)c1. The zero-order chi connectivity index (χ0) is 21.7. The van der Waals surface area contributed by atoms with Crippen molar-refractivity contribution in [2.45, 2.75) is 44.9 Å². The minimum Gasteiger partial charge on any atom is -0.493 e. The van der Waals surface area contributed by atoms with Crippen LogP contribution in [0.2, 0.25) is 0 Å². The number of nitrogens with zero attached hydrogens (tertiary/aromatic N) is 1. The molecule has 6 heteroatoms. The van der Waals surface area contributed by atoms with Crippen LogP contribution < -0.4 is 14.8 Å². The fourth-order valence-corrected chi connectivity index (χ4v) is 3.16. The van der Waals surface area contributed by atoms with Gasteiger partial charge in [0.05, 0.1) is 12.7 Å². The van der Waals surface area contributed by atoms with Crippen LogP contribution in [0.3, 0.4) is 0 Å². The maximum Gasteiger partial charge on any atom is 0.161 e. The molecule has 164 valence electrons. The van der Waals surface area contributed by atoms with Gasteiger partial charge in [-0.25, -0.2) is 0 Å². The van der Waals surface area contributed by atoms with E-state index in [-0.39, 0.29) is 6.61 Å². The second-order valence-corrected chi connectivity index (χ2v) is 7.25. The molecule has 0 aliphatic rings. The second-order valence-electron chi connectivity index (χ2n) is 7.25. The summed E-state index contributed by atoms with van der Waals surface area (Å²) in [6.45, 7) is 15.2. The third kappa shape index (κ3) is 9.00. The molecule has 3 N–H and O–H groups in total. The molecule has 0 bridgehead atoms. The standard InChI is InChI=1S/C23H38N2O4/c1-6-12-23(27,13-7-2)18-24-15-19-10-11-21(22(14-19)28-5)29-17-20(26)16-25(8-3)9-4/h6-7,10-11,14,20,24,26-27H,1-2,8-9,12-13,15-18H2,3-5H3/t20-/m1/s1. The van der Waals surface area contributed by atoms with E-state index in [2.05, 4.69) is 37.2 Å². The predicted molar refractivity (Wildman–Crippen MR) is 119 cm³/mol. The highest BCUT2D eigenvalue weighted by molar-refractivity contribution is 5.43. The molecule has 0 radical (unpaired) electrons. The summed E-state index contributed by atoms with van der Waals surface area (Å²) in [7, 11) is 1.60. The zero-order valence-electron chi connectivity index (χ0n) is 18.2. The van der Waals surface area contributed by atoms with Crippen molar-refractivity contribution in [3.63, 3.8) is 0 Å². The summed E-state index contributed by atoms with van der Waals surface area (Å²) in [4.78, 5) is 2.15. The molecule has 0 unspecified atom stereocenters. The topological polar surface area (TPSA) is 74.2 Å². The largest absolute Gasteiger partial charge is 0.493 e. The summed E-state index contributed by atoms with van der Waals surface area (Å²) >= 11 is 0. The molecule has 0 aromatic heterocycles. The van der Waals surface area contributed by atoms with Crippen LogP contribution in [-0.2, 0) is 6.54 Å². The van der Waals surface area contributed by atoms with Gasteiger partial charge in [0.25, 0.3) is 0 Å². The first kappa shape index (κ1) is 25.2. The quantitative estimate of drug-likeness (QED) is 0.367. The van der Waals surface area contributed by atoms with Crippen LogP contribution in [0.4, 0.5) is 0 Å². The molecule has 0 fully saturated rings. The van der Waals surface area contributed by atoms with Gasteiger partial charge >= 0.3 is 0 Å². The molecule has 0 aliphatic carbocycles. The number of aliphatic hydroxyl groups excluding tert-OH is 1. The second kappa shape index (κ2) is 13.4. The summed E-state index contributed by atoms with van der Waals surface area (Å²) in [6.07, 6.45) is 3.87. The van der Waals surface area contributed by atoms with E-state index in [1.54, 1.807) is 19.3 Å². The minimum atomic E-state index is -0.877. The third-order valence-corrected chi connectivity index (χ3v) is 4.85. The smallest absolute Gasteiger partial charge is 0.161 e. The number of aliphatic hydroxyl groups is 2. The van der Waals surface area contributed by atoms with Crippen molar-refractivity contribution in [3.8, 4) is 11.5 Å². The Balaban J connectivity index is 2.62. The molecule has 0 saturated carbocycles. The minimum absolute atomic E-state index is 0.209. The van der Waals surface area contributed by atoms with Crippen LogP contribution in [0.5, 0.6) is 11.5 Å². The van der Waals surface area contributed by atoms with Gasteiger partial charge in [-0.15, -0.1) is 13.2 Å². The first-order valence-electron chi connectivity index (χ1n) is 10.3. The van der Waals surface area contributed by atoms with Crippen LogP contribution in [0.25, 0.3) is 0 Å². The van der Waals surface area contributed by atoms with Gasteiger partial charge in [-0.05, 0) is 43.6 Å². The molecule has 0 spiro atoms. The van der Waals surface area contributed by atoms with E-state index in [0.717, 1.165) is 18.7 Å². The molecule has 0 heterocycles. The van der Waals surface area contributed by atoms with Gasteiger partial charge < -0.3 is 29.9 Å². The Morgan fingerprint density at radius 2 is 1.83 bits per heavy atom. The number of likely N-dealkylation sites (N-methyl/N-ethyl adjacent to an activating group) is 1. The zero-order valence-corrected chi connectivity index (χ0v) is 18.2. The maximum absolute atomic E-state index is 10.6. The average molecular weight is 407 g/mol. The van der Waals surface area contributed by atoms with Crippen LogP contribution in [-0.4, -0.2) is 66.7 Å². The lowest BCUT2D eigenvalue weighted by Crippen LogP contribution is -2.39. The van der Waals surface area contributed by atoms with Crippen molar-refractivity contribution in [1.29, 1.82) is 0 Å². The summed E-state index contributed by atoms with van der Waals surface area (Å²) in [5.41, 5.74) is 0.134. The molecule has 1 aromatic carbocycles. The van der Waals surface area contributed by atoms with E-state index in [4.69, 9.17) is 9.47 Å². The summed E-state index contributed by atoms with van der Waals surface area (Å²) < 4.78 is 11.2. The van der Waals surface area contributed by atoms with E-state index < -0.39 is 11.7 Å². The fraction of sp³-hybridized carbons (Fsp3) is 0.565. The van der Waals surface area contributed by atoms with Gasteiger partial charge in [-0.3, -0.25) is 0 Å². The molecular weight excluding hydrogens is 368 g/mol. The highest BCUT2D eigenvalue weighted by Crippen LogP contribution is 2.28. The maximum atomic E-state index is 10.6. The van der Waals surface area contributed by atoms with E-state index in [0.29, 0.717) is 44.0 Å². The number of hydrogen-bond acceptors (Lipinski definition) is 6. The van der Waals surface area contributed by atoms with Crippen molar-refractivity contribution in [1.82, 2.24) is 10.2 Å². The van der Waals surface area contributed by atoms with Gasteiger partial charge in [0, 0.05) is 19.6 Å². The normalized spacial score (nSPS) is 12.6. The van der Waals surface area contributed by atoms with Crippen molar-refractivity contribution < 1.29 is 19.7 Å².